The fourth-order valence-electron chi connectivity index (χ4n) is 2.68. The molecule has 1 aromatic heterocycles. The summed E-state index contributed by atoms with van der Waals surface area (Å²) in [6.45, 7) is 1.18. The molecule has 3 rings (SSSR count). The van der Waals surface area contributed by atoms with Crippen molar-refractivity contribution in [3.05, 3.63) is 54.7 Å². The summed E-state index contributed by atoms with van der Waals surface area (Å²) in [5.41, 5.74) is 2.40. The van der Waals surface area contributed by atoms with Gasteiger partial charge in [-0.15, -0.1) is 5.10 Å². The first-order valence-electron chi connectivity index (χ1n) is 8.92. The highest BCUT2D eigenvalue weighted by Crippen LogP contribution is 2.31. The summed E-state index contributed by atoms with van der Waals surface area (Å²) in [6.07, 6.45) is 2.60. The fourth-order valence-corrected chi connectivity index (χ4v) is 2.68. The van der Waals surface area contributed by atoms with E-state index in [2.05, 4.69) is 20.9 Å². The number of methoxy groups -OCH3 is 2. The van der Waals surface area contributed by atoms with Gasteiger partial charge in [0.25, 0.3) is 0 Å². The van der Waals surface area contributed by atoms with Gasteiger partial charge in [-0.25, -0.2) is 4.79 Å². The zero-order chi connectivity index (χ0) is 19.8. The summed E-state index contributed by atoms with van der Waals surface area (Å²) in [5.74, 6) is 1.31. The maximum absolute atomic E-state index is 11.8. The summed E-state index contributed by atoms with van der Waals surface area (Å²) in [7, 11) is 3.20. The standard InChI is InChI=1S/C20H23N5O3/c1-27-18-10-9-15(13-19(18)28-2)17-14-25(24-23-17)12-6-11-21-20(26)22-16-7-4-3-5-8-16/h3-5,7-10,13-14H,6,11-12H2,1-2H3,(H2,21,22,26). The van der Waals surface area contributed by atoms with Crippen molar-refractivity contribution in [1.29, 1.82) is 0 Å². The van der Waals surface area contributed by atoms with Crippen LogP contribution in [-0.2, 0) is 6.54 Å². The molecule has 8 heteroatoms. The molecule has 0 atom stereocenters. The Labute approximate surface area is 163 Å². The lowest BCUT2D eigenvalue weighted by molar-refractivity contribution is 0.251. The monoisotopic (exact) mass is 381 g/mol. The maximum atomic E-state index is 11.8. The van der Waals surface area contributed by atoms with Gasteiger partial charge in [0.2, 0.25) is 0 Å². The van der Waals surface area contributed by atoms with Crippen molar-refractivity contribution in [3.8, 4) is 22.8 Å². The van der Waals surface area contributed by atoms with Gasteiger partial charge in [0.1, 0.15) is 5.69 Å². The topological polar surface area (TPSA) is 90.3 Å². The first-order chi connectivity index (χ1) is 13.7. The Bertz CT molecular complexity index is 911. The number of amides is 2. The quantitative estimate of drug-likeness (QED) is 0.585. The average molecular weight is 381 g/mol. The van der Waals surface area contributed by atoms with Crippen LogP contribution in [0.4, 0.5) is 10.5 Å². The summed E-state index contributed by atoms with van der Waals surface area (Å²) < 4.78 is 12.3. The molecule has 0 aliphatic rings. The van der Waals surface area contributed by atoms with Gasteiger partial charge in [-0.3, -0.25) is 4.68 Å². The highest BCUT2D eigenvalue weighted by molar-refractivity contribution is 5.89. The van der Waals surface area contributed by atoms with E-state index in [1.54, 1.807) is 18.9 Å². The molecule has 0 fully saturated rings. The molecule has 2 amide bonds. The molecule has 0 spiro atoms. The van der Waals surface area contributed by atoms with Crippen molar-refractivity contribution < 1.29 is 14.3 Å². The Morgan fingerprint density at radius 3 is 2.61 bits per heavy atom. The number of aryl methyl sites for hydroxylation is 1. The van der Waals surface area contributed by atoms with E-state index in [-0.39, 0.29) is 6.03 Å². The lowest BCUT2D eigenvalue weighted by Gasteiger charge is -2.08. The summed E-state index contributed by atoms with van der Waals surface area (Å²) in [6, 6.07) is 14.7. The summed E-state index contributed by atoms with van der Waals surface area (Å²) in [4.78, 5) is 11.8. The first-order valence-corrected chi connectivity index (χ1v) is 8.92. The van der Waals surface area contributed by atoms with Crippen molar-refractivity contribution in [2.45, 2.75) is 13.0 Å². The van der Waals surface area contributed by atoms with Gasteiger partial charge in [0, 0.05) is 24.3 Å². The van der Waals surface area contributed by atoms with E-state index >= 15 is 0 Å². The van der Waals surface area contributed by atoms with E-state index in [4.69, 9.17) is 9.47 Å². The largest absolute Gasteiger partial charge is 0.493 e. The molecule has 146 valence electrons. The Balaban J connectivity index is 1.48. The molecule has 28 heavy (non-hydrogen) atoms. The normalized spacial score (nSPS) is 10.4. The van der Waals surface area contributed by atoms with Crippen molar-refractivity contribution >= 4 is 11.7 Å². The summed E-state index contributed by atoms with van der Waals surface area (Å²) in [5, 5.41) is 14.0. The number of nitrogens with zero attached hydrogens (tertiary/aromatic N) is 3. The number of rotatable bonds is 8. The van der Waals surface area contributed by atoms with Crippen LogP contribution >= 0.6 is 0 Å². The highest BCUT2D eigenvalue weighted by Gasteiger charge is 2.09. The maximum Gasteiger partial charge on any atom is 0.319 e. The van der Waals surface area contributed by atoms with Crippen LogP contribution in [0.2, 0.25) is 0 Å². The third-order valence-corrected chi connectivity index (χ3v) is 4.10. The van der Waals surface area contributed by atoms with E-state index in [0.29, 0.717) is 24.6 Å². The molecular formula is C20H23N5O3. The number of anilines is 1. The third kappa shape index (κ3) is 5.00. The minimum atomic E-state index is -0.226. The smallest absolute Gasteiger partial charge is 0.319 e. The number of hydrogen-bond donors (Lipinski definition) is 2. The predicted octanol–water partition coefficient (Wildman–Crippen LogP) is 3.17. The Hall–Kier alpha value is -3.55. The molecule has 0 bridgehead atoms. The third-order valence-electron chi connectivity index (χ3n) is 4.10. The lowest BCUT2D eigenvalue weighted by Crippen LogP contribution is -2.30. The highest BCUT2D eigenvalue weighted by atomic mass is 16.5. The van der Waals surface area contributed by atoms with Gasteiger partial charge in [0.05, 0.1) is 20.4 Å². The molecule has 0 unspecified atom stereocenters. The van der Waals surface area contributed by atoms with Gasteiger partial charge in [-0.05, 0) is 36.8 Å². The van der Waals surface area contributed by atoms with E-state index in [1.165, 1.54) is 0 Å². The zero-order valence-electron chi connectivity index (χ0n) is 15.9. The van der Waals surface area contributed by atoms with Gasteiger partial charge in [0.15, 0.2) is 11.5 Å². The van der Waals surface area contributed by atoms with Crippen molar-refractivity contribution in [2.75, 3.05) is 26.1 Å². The predicted molar refractivity (Wildman–Crippen MR) is 107 cm³/mol. The van der Waals surface area contributed by atoms with Crippen molar-refractivity contribution in [3.63, 3.8) is 0 Å². The van der Waals surface area contributed by atoms with Crippen LogP contribution in [0.5, 0.6) is 11.5 Å². The van der Waals surface area contributed by atoms with Crippen LogP contribution < -0.4 is 20.1 Å². The van der Waals surface area contributed by atoms with Crippen LogP contribution in [0.15, 0.2) is 54.7 Å². The number of aromatic nitrogens is 3. The lowest BCUT2D eigenvalue weighted by atomic mass is 10.1. The van der Waals surface area contributed by atoms with Crippen molar-refractivity contribution in [1.82, 2.24) is 20.3 Å². The fraction of sp³-hybridized carbons (Fsp3) is 0.250. The van der Waals surface area contributed by atoms with Crippen LogP contribution in [0.1, 0.15) is 6.42 Å². The number of urea groups is 1. The van der Waals surface area contributed by atoms with E-state index in [0.717, 1.165) is 23.4 Å². The number of para-hydroxylation sites is 1. The second-order valence-corrected chi connectivity index (χ2v) is 6.04. The number of nitrogens with one attached hydrogen (secondary N) is 2. The average Bonchev–Trinajstić information content (AvgIpc) is 3.20. The molecule has 0 saturated carbocycles. The van der Waals surface area contributed by atoms with Crippen molar-refractivity contribution in [2.24, 2.45) is 0 Å². The summed E-state index contributed by atoms with van der Waals surface area (Å²) >= 11 is 0. The van der Waals surface area contributed by atoms with Gasteiger partial charge in [-0.2, -0.15) is 0 Å². The number of carbonyl (C=O) groups excluding carboxylic acids is 1. The molecule has 8 nitrogen and oxygen atoms in total. The van der Waals surface area contributed by atoms with E-state index < -0.39 is 0 Å². The molecule has 0 aliphatic heterocycles. The Kier molecular flexibility index (Phi) is 6.46. The van der Waals surface area contributed by atoms with Crippen LogP contribution in [0, 0.1) is 0 Å². The molecular weight excluding hydrogens is 358 g/mol. The molecule has 0 radical (unpaired) electrons. The minimum Gasteiger partial charge on any atom is -0.493 e. The van der Waals surface area contributed by atoms with Crippen LogP contribution in [0.25, 0.3) is 11.3 Å². The van der Waals surface area contributed by atoms with Gasteiger partial charge in [-0.1, -0.05) is 23.4 Å². The number of ether oxygens (including phenoxy) is 2. The Morgan fingerprint density at radius 1 is 1.07 bits per heavy atom. The first kappa shape index (κ1) is 19.2. The van der Waals surface area contributed by atoms with E-state index in [9.17, 15) is 4.79 Å². The second-order valence-electron chi connectivity index (χ2n) is 6.04. The zero-order valence-corrected chi connectivity index (χ0v) is 15.9. The van der Waals surface area contributed by atoms with Crippen LogP contribution in [0.3, 0.4) is 0 Å². The number of hydrogen-bond acceptors (Lipinski definition) is 5. The molecule has 0 aliphatic carbocycles. The minimum absolute atomic E-state index is 0.226. The molecule has 2 aromatic carbocycles. The molecule has 0 saturated heterocycles. The molecule has 3 aromatic rings. The van der Waals surface area contributed by atoms with Gasteiger partial charge >= 0.3 is 6.03 Å². The SMILES string of the molecule is COc1ccc(-c2cn(CCCNC(=O)Nc3ccccc3)nn2)cc1OC. The second kappa shape index (κ2) is 9.40. The van der Waals surface area contributed by atoms with Gasteiger partial charge < -0.3 is 20.1 Å². The molecule has 2 N–H and O–H groups in total. The number of carbonyl (C=O) groups is 1. The van der Waals surface area contributed by atoms with E-state index in [1.807, 2.05) is 54.7 Å². The van der Waals surface area contributed by atoms with Crippen LogP contribution in [-0.4, -0.2) is 41.8 Å². The number of benzene rings is 2. The molecule has 1 heterocycles. The Morgan fingerprint density at radius 2 is 1.86 bits per heavy atom.